The van der Waals surface area contributed by atoms with E-state index in [1.807, 2.05) is 67.6 Å². The quantitative estimate of drug-likeness (QED) is 0.740. The van der Waals surface area contributed by atoms with Crippen LogP contribution < -0.4 is 0 Å². The van der Waals surface area contributed by atoms with E-state index in [0.29, 0.717) is 6.42 Å². The van der Waals surface area contributed by atoms with Gasteiger partial charge in [-0.25, -0.2) is 0 Å². The Morgan fingerprint density at radius 2 is 1.18 bits per heavy atom. The van der Waals surface area contributed by atoms with Gasteiger partial charge in [0.15, 0.2) is 0 Å². The molecule has 0 spiro atoms. The van der Waals surface area contributed by atoms with Crippen molar-refractivity contribution in [2.24, 2.45) is 5.41 Å². The maximum Gasteiger partial charge on any atom is 0.144 e. The second kappa shape index (κ2) is 6.69. The molecule has 0 aliphatic rings. The van der Waals surface area contributed by atoms with E-state index in [0.717, 1.165) is 11.1 Å². The predicted octanol–water partition coefficient (Wildman–Crippen LogP) is 4.39. The zero-order chi connectivity index (χ0) is 16.2. The Kier molecular flexibility index (Phi) is 4.92. The van der Waals surface area contributed by atoms with Crippen LogP contribution in [-0.2, 0) is 9.59 Å². The van der Waals surface area contributed by atoms with Crippen LogP contribution >= 0.6 is 0 Å². The largest absolute Gasteiger partial charge is 0.299 e. The van der Waals surface area contributed by atoms with Crippen LogP contribution in [0.4, 0.5) is 0 Å². The maximum absolute atomic E-state index is 12.5. The van der Waals surface area contributed by atoms with E-state index in [9.17, 15) is 9.59 Å². The van der Waals surface area contributed by atoms with Gasteiger partial charge < -0.3 is 0 Å². The molecule has 2 heteroatoms. The summed E-state index contributed by atoms with van der Waals surface area (Å²) in [6, 6.07) is 19.7. The highest BCUT2D eigenvalue weighted by molar-refractivity contribution is 6.06. The first-order chi connectivity index (χ1) is 10.5. The highest BCUT2D eigenvalue weighted by Crippen LogP contribution is 2.45. The Bertz CT molecular complexity index is 590. The summed E-state index contributed by atoms with van der Waals surface area (Å²) in [5.74, 6) is -0.393. The molecule has 0 unspecified atom stereocenters. The van der Waals surface area contributed by atoms with Crippen LogP contribution in [0.3, 0.4) is 0 Å². The van der Waals surface area contributed by atoms with Crippen molar-refractivity contribution in [1.29, 1.82) is 0 Å². The highest BCUT2D eigenvalue weighted by atomic mass is 16.2. The molecule has 0 radical (unpaired) electrons. The molecule has 114 valence electrons. The number of ketones is 2. The fourth-order valence-corrected chi connectivity index (χ4v) is 3.41. The van der Waals surface area contributed by atoms with Crippen molar-refractivity contribution < 1.29 is 9.59 Å². The van der Waals surface area contributed by atoms with Crippen LogP contribution in [0.15, 0.2) is 60.7 Å². The van der Waals surface area contributed by atoms with Crippen molar-refractivity contribution in [3.05, 3.63) is 71.8 Å². The maximum atomic E-state index is 12.5. The average Bonchev–Trinajstić information content (AvgIpc) is 2.53. The molecule has 0 atom stereocenters. The molecule has 22 heavy (non-hydrogen) atoms. The molecule has 0 heterocycles. The lowest BCUT2D eigenvalue weighted by molar-refractivity contribution is -0.139. The lowest BCUT2D eigenvalue weighted by atomic mass is 9.63. The van der Waals surface area contributed by atoms with Gasteiger partial charge in [0.2, 0.25) is 0 Å². The van der Waals surface area contributed by atoms with E-state index >= 15 is 0 Å². The van der Waals surface area contributed by atoms with Crippen LogP contribution in [0.25, 0.3) is 0 Å². The first kappa shape index (κ1) is 16.2. The van der Waals surface area contributed by atoms with Gasteiger partial charge in [-0.1, -0.05) is 67.6 Å². The minimum Gasteiger partial charge on any atom is -0.299 e. The summed E-state index contributed by atoms with van der Waals surface area (Å²) in [6.07, 6.45) is 0.492. The van der Waals surface area contributed by atoms with Crippen LogP contribution in [0.2, 0.25) is 0 Å². The van der Waals surface area contributed by atoms with Gasteiger partial charge in [-0.3, -0.25) is 9.59 Å². The molecule has 2 rings (SSSR count). The second-order valence-electron chi connectivity index (χ2n) is 5.69. The van der Waals surface area contributed by atoms with Gasteiger partial charge in [0.1, 0.15) is 11.6 Å². The van der Waals surface area contributed by atoms with Gasteiger partial charge in [-0.2, -0.15) is 0 Å². The minimum absolute atomic E-state index is 0.0693. The zero-order valence-electron chi connectivity index (χ0n) is 13.4. The van der Waals surface area contributed by atoms with Crippen molar-refractivity contribution >= 4 is 11.6 Å². The van der Waals surface area contributed by atoms with Crippen molar-refractivity contribution in [3.8, 4) is 0 Å². The lowest BCUT2D eigenvalue weighted by Gasteiger charge is -2.37. The number of carbonyl (C=O) groups is 2. The fraction of sp³-hybridized carbons (Fsp3) is 0.300. The summed E-state index contributed by atoms with van der Waals surface area (Å²) in [6.45, 7) is 4.98. The third-order valence-electron chi connectivity index (χ3n) is 4.57. The number of hydrogen-bond donors (Lipinski definition) is 0. The molecular formula is C20H22O2. The molecule has 0 aliphatic carbocycles. The summed E-state index contributed by atoms with van der Waals surface area (Å²) in [5.41, 5.74) is 0.991. The summed E-state index contributed by atoms with van der Waals surface area (Å²) in [4.78, 5) is 25.0. The van der Waals surface area contributed by atoms with Gasteiger partial charge in [0.25, 0.3) is 0 Å². The summed E-state index contributed by atoms with van der Waals surface area (Å²) >= 11 is 0. The topological polar surface area (TPSA) is 34.1 Å². The molecule has 0 saturated carbocycles. The standard InChI is InChI=1S/C20H22O2/c1-4-20(15(2)21,16(3)22)19(17-11-7-5-8-12-17)18-13-9-6-10-14-18/h5-14,19H,4H2,1-3H3. The Balaban J connectivity index is 2.72. The van der Waals surface area contributed by atoms with Gasteiger partial charge in [0.05, 0.1) is 5.41 Å². The SMILES string of the molecule is CCC(C(C)=O)(C(C)=O)C(c1ccccc1)c1ccccc1. The average molecular weight is 294 g/mol. The van der Waals surface area contributed by atoms with Gasteiger partial charge in [-0.05, 0) is 31.4 Å². The molecule has 0 amide bonds. The summed E-state index contributed by atoms with van der Waals surface area (Å²) in [5, 5.41) is 0. The lowest BCUT2D eigenvalue weighted by Crippen LogP contribution is -2.42. The number of benzene rings is 2. The van der Waals surface area contributed by atoms with Crippen molar-refractivity contribution in [3.63, 3.8) is 0 Å². The summed E-state index contributed by atoms with van der Waals surface area (Å²) < 4.78 is 0. The molecular weight excluding hydrogens is 272 g/mol. The third-order valence-corrected chi connectivity index (χ3v) is 4.57. The molecule has 0 saturated heterocycles. The highest BCUT2D eigenvalue weighted by Gasteiger charge is 2.47. The molecule has 0 aromatic heterocycles. The normalized spacial score (nSPS) is 11.5. The van der Waals surface area contributed by atoms with Crippen LogP contribution in [0.5, 0.6) is 0 Å². The monoisotopic (exact) mass is 294 g/mol. The van der Waals surface area contributed by atoms with Crippen LogP contribution in [-0.4, -0.2) is 11.6 Å². The van der Waals surface area contributed by atoms with E-state index < -0.39 is 5.41 Å². The van der Waals surface area contributed by atoms with Crippen molar-refractivity contribution in [1.82, 2.24) is 0 Å². The Labute approximate surface area is 132 Å². The van der Waals surface area contributed by atoms with Gasteiger partial charge in [0, 0.05) is 5.92 Å². The zero-order valence-corrected chi connectivity index (χ0v) is 13.4. The van der Waals surface area contributed by atoms with E-state index in [4.69, 9.17) is 0 Å². The molecule has 0 bridgehead atoms. The van der Waals surface area contributed by atoms with E-state index in [1.165, 1.54) is 13.8 Å². The predicted molar refractivity (Wildman–Crippen MR) is 88.8 cm³/mol. The van der Waals surface area contributed by atoms with Crippen LogP contribution in [0, 0.1) is 5.41 Å². The Morgan fingerprint density at radius 3 is 1.45 bits per heavy atom. The molecule has 0 aliphatic heterocycles. The first-order valence-electron chi connectivity index (χ1n) is 7.66. The van der Waals surface area contributed by atoms with Crippen molar-refractivity contribution in [2.75, 3.05) is 0 Å². The van der Waals surface area contributed by atoms with Crippen LogP contribution in [0.1, 0.15) is 44.2 Å². The number of rotatable bonds is 6. The second-order valence-corrected chi connectivity index (χ2v) is 5.69. The van der Waals surface area contributed by atoms with Gasteiger partial charge >= 0.3 is 0 Å². The third kappa shape index (κ3) is 2.74. The summed E-state index contributed by atoms with van der Waals surface area (Å²) in [7, 11) is 0. The molecule has 0 fully saturated rings. The van der Waals surface area contributed by atoms with E-state index in [2.05, 4.69) is 0 Å². The Morgan fingerprint density at radius 1 is 0.818 bits per heavy atom. The van der Waals surface area contributed by atoms with Crippen molar-refractivity contribution in [2.45, 2.75) is 33.1 Å². The fourth-order valence-electron chi connectivity index (χ4n) is 3.41. The van der Waals surface area contributed by atoms with Gasteiger partial charge in [-0.15, -0.1) is 0 Å². The molecule has 2 aromatic carbocycles. The van der Waals surface area contributed by atoms with E-state index in [1.54, 1.807) is 0 Å². The number of Topliss-reactive ketones (excluding diaryl/α,β-unsaturated/α-hetero) is 2. The first-order valence-corrected chi connectivity index (χ1v) is 7.66. The number of carbonyl (C=O) groups excluding carboxylic acids is 2. The minimum atomic E-state index is -1.01. The molecule has 2 aromatic rings. The Hall–Kier alpha value is -2.22. The molecule has 2 nitrogen and oxygen atoms in total. The number of hydrogen-bond acceptors (Lipinski definition) is 2. The smallest absolute Gasteiger partial charge is 0.144 e. The van der Waals surface area contributed by atoms with E-state index in [-0.39, 0.29) is 17.5 Å². The molecule has 0 N–H and O–H groups in total.